The minimum absolute atomic E-state index is 0.300. The zero-order valence-electron chi connectivity index (χ0n) is 13.3. The molecule has 0 saturated carbocycles. The van der Waals surface area contributed by atoms with E-state index in [1.54, 1.807) is 0 Å². The maximum Gasteiger partial charge on any atom is 0.0640 e. The molecule has 1 aromatic rings. The summed E-state index contributed by atoms with van der Waals surface area (Å²) in [6.07, 6.45) is 5.43. The Balaban J connectivity index is 2.94. The number of halogens is 1. The van der Waals surface area contributed by atoms with Crippen LogP contribution in [-0.2, 0) is 0 Å². The van der Waals surface area contributed by atoms with Gasteiger partial charge >= 0.3 is 0 Å². The third-order valence-corrected chi connectivity index (χ3v) is 5.17. The van der Waals surface area contributed by atoms with E-state index >= 15 is 0 Å². The average molecular weight is 351 g/mol. The highest BCUT2D eigenvalue weighted by Gasteiger charge is 2.29. The monoisotopic (exact) mass is 350 g/mol. The quantitative estimate of drug-likeness (QED) is 0.529. The fourth-order valence-corrected chi connectivity index (χ4v) is 3.79. The first-order chi connectivity index (χ1) is 10.2. The van der Waals surface area contributed by atoms with Crippen LogP contribution in [0.3, 0.4) is 0 Å². The molecule has 0 fully saturated rings. The molecule has 0 unspecified atom stereocenters. The molecule has 0 N–H and O–H groups in total. The minimum Gasteiger partial charge on any atom is -0.370 e. The average Bonchev–Trinajstić information content (AvgIpc) is 2.52. The summed E-state index contributed by atoms with van der Waals surface area (Å²) in [6, 6.07) is 12.8. The van der Waals surface area contributed by atoms with E-state index in [-0.39, 0.29) is 0 Å². The van der Waals surface area contributed by atoms with Crippen LogP contribution < -0.4 is 4.90 Å². The number of nitriles is 1. The van der Waals surface area contributed by atoms with Crippen LogP contribution in [-0.4, -0.2) is 18.4 Å². The van der Waals surface area contributed by atoms with E-state index in [2.05, 4.69) is 65.0 Å². The Bertz CT molecular complexity index is 419. The van der Waals surface area contributed by atoms with Crippen LogP contribution in [0, 0.1) is 16.7 Å². The molecule has 0 radical (unpaired) electrons. The van der Waals surface area contributed by atoms with Crippen LogP contribution in [0.1, 0.15) is 46.0 Å². The molecule has 0 aromatic heterocycles. The van der Waals surface area contributed by atoms with Gasteiger partial charge in [0.15, 0.2) is 0 Å². The minimum atomic E-state index is 0.300. The number of hydrogen-bond donors (Lipinski definition) is 0. The van der Waals surface area contributed by atoms with Crippen molar-refractivity contribution in [2.75, 3.05) is 23.3 Å². The summed E-state index contributed by atoms with van der Waals surface area (Å²) in [5.41, 5.74) is 1.53. The molecule has 0 bridgehead atoms. The molecule has 0 spiro atoms. The van der Waals surface area contributed by atoms with Gasteiger partial charge < -0.3 is 4.90 Å². The van der Waals surface area contributed by atoms with Crippen molar-refractivity contribution in [3.8, 4) is 6.07 Å². The fourth-order valence-electron chi connectivity index (χ4n) is 3.05. The predicted molar refractivity (Wildman–Crippen MR) is 94.9 cm³/mol. The Kier molecular flexibility index (Phi) is 8.45. The molecule has 2 nitrogen and oxygen atoms in total. The number of para-hydroxylation sites is 1. The first-order valence-electron chi connectivity index (χ1n) is 7.94. The molecule has 0 amide bonds. The standard InChI is InChI=1S/C18H27BrN2/c1-3-11-18(15-19,12-4-2)16-21(14-8-13-20)17-9-6-5-7-10-17/h5-7,9-10H,3-4,8,11-12,14-16H2,1-2H3. The van der Waals surface area contributed by atoms with Crippen molar-refractivity contribution in [2.24, 2.45) is 5.41 Å². The lowest BCUT2D eigenvalue weighted by Crippen LogP contribution is -2.39. The summed E-state index contributed by atoms with van der Waals surface area (Å²) in [7, 11) is 0. The predicted octanol–water partition coefficient (Wildman–Crippen LogP) is 5.39. The Hall–Kier alpha value is -1.01. The molecule has 116 valence electrons. The van der Waals surface area contributed by atoms with Crippen molar-refractivity contribution < 1.29 is 0 Å². The molecule has 0 heterocycles. The Morgan fingerprint density at radius 3 is 2.24 bits per heavy atom. The van der Waals surface area contributed by atoms with Crippen LogP contribution in [0.15, 0.2) is 30.3 Å². The third kappa shape index (κ3) is 5.71. The lowest BCUT2D eigenvalue weighted by molar-refractivity contribution is 0.280. The van der Waals surface area contributed by atoms with Gasteiger partial charge in [-0.2, -0.15) is 5.26 Å². The fraction of sp³-hybridized carbons (Fsp3) is 0.611. The van der Waals surface area contributed by atoms with Crippen molar-refractivity contribution in [2.45, 2.75) is 46.0 Å². The molecule has 0 atom stereocenters. The summed E-state index contributed by atoms with van der Waals surface area (Å²) in [4.78, 5) is 2.38. The van der Waals surface area contributed by atoms with E-state index in [9.17, 15) is 0 Å². The molecule has 0 saturated heterocycles. The maximum absolute atomic E-state index is 8.94. The molecular weight excluding hydrogens is 324 g/mol. The van der Waals surface area contributed by atoms with E-state index in [0.717, 1.165) is 18.4 Å². The summed E-state index contributed by atoms with van der Waals surface area (Å²) >= 11 is 3.75. The van der Waals surface area contributed by atoms with Gasteiger partial charge in [-0.15, -0.1) is 0 Å². The van der Waals surface area contributed by atoms with Crippen molar-refractivity contribution >= 4 is 21.6 Å². The molecule has 3 heteroatoms. The SMILES string of the molecule is CCCC(CBr)(CCC)CN(CCC#N)c1ccccc1. The Morgan fingerprint density at radius 2 is 1.76 bits per heavy atom. The summed E-state index contributed by atoms with van der Waals surface area (Å²) in [5.74, 6) is 0. The lowest BCUT2D eigenvalue weighted by atomic mass is 9.80. The molecular formula is C18H27BrN2. The normalized spacial score (nSPS) is 11.1. The topological polar surface area (TPSA) is 27.0 Å². The van der Waals surface area contributed by atoms with Gasteiger partial charge in [0.05, 0.1) is 12.5 Å². The highest BCUT2D eigenvalue weighted by Crippen LogP contribution is 2.34. The van der Waals surface area contributed by atoms with Crippen LogP contribution in [0.5, 0.6) is 0 Å². The molecule has 1 aromatic carbocycles. The lowest BCUT2D eigenvalue weighted by Gasteiger charge is -2.38. The number of anilines is 1. The second-order valence-electron chi connectivity index (χ2n) is 5.80. The van der Waals surface area contributed by atoms with E-state index in [1.165, 1.54) is 31.4 Å². The van der Waals surface area contributed by atoms with Gasteiger partial charge in [-0.05, 0) is 30.4 Å². The second-order valence-corrected chi connectivity index (χ2v) is 6.36. The van der Waals surface area contributed by atoms with E-state index in [1.807, 2.05) is 6.07 Å². The smallest absolute Gasteiger partial charge is 0.0640 e. The van der Waals surface area contributed by atoms with Gasteiger partial charge in [0.1, 0.15) is 0 Å². The molecule has 0 aliphatic rings. The van der Waals surface area contributed by atoms with Gasteiger partial charge in [-0.3, -0.25) is 0 Å². The highest BCUT2D eigenvalue weighted by atomic mass is 79.9. The van der Waals surface area contributed by atoms with E-state index < -0.39 is 0 Å². The van der Waals surface area contributed by atoms with Crippen molar-refractivity contribution in [3.05, 3.63) is 30.3 Å². The van der Waals surface area contributed by atoms with Crippen LogP contribution in [0.2, 0.25) is 0 Å². The van der Waals surface area contributed by atoms with Crippen molar-refractivity contribution in [3.63, 3.8) is 0 Å². The van der Waals surface area contributed by atoms with Crippen LogP contribution >= 0.6 is 15.9 Å². The van der Waals surface area contributed by atoms with Gasteiger partial charge in [0.25, 0.3) is 0 Å². The second kappa shape index (κ2) is 9.84. The van der Waals surface area contributed by atoms with Gasteiger partial charge in [-0.1, -0.05) is 60.8 Å². The molecule has 0 aliphatic carbocycles. The van der Waals surface area contributed by atoms with Crippen molar-refractivity contribution in [1.82, 2.24) is 0 Å². The zero-order chi connectivity index (χ0) is 15.6. The molecule has 21 heavy (non-hydrogen) atoms. The van der Waals surface area contributed by atoms with E-state index in [4.69, 9.17) is 5.26 Å². The Labute approximate surface area is 138 Å². The number of alkyl halides is 1. The van der Waals surface area contributed by atoms with Gasteiger partial charge in [0.2, 0.25) is 0 Å². The first kappa shape index (κ1) is 18.0. The summed E-state index contributed by atoms with van der Waals surface area (Å²) in [6.45, 7) is 6.35. The number of nitrogens with zero attached hydrogens (tertiary/aromatic N) is 2. The summed E-state index contributed by atoms with van der Waals surface area (Å²) in [5, 5.41) is 9.96. The zero-order valence-corrected chi connectivity index (χ0v) is 14.9. The largest absolute Gasteiger partial charge is 0.370 e. The first-order valence-corrected chi connectivity index (χ1v) is 9.06. The molecule has 1 rings (SSSR count). The van der Waals surface area contributed by atoms with Crippen molar-refractivity contribution in [1.29, 1.82) is 5.26 Å². The number of rotatable bonds is 10. The van der Waals surface area contributed by atoms with Crippen LogP contribution in [0.25, 0.3) is 0 Å². The highest BCUT2D eigenvalue weighted by molar-refractivity contribution is 9.09. The summed E-state index contributed by atoms with van der Waals surface area (Å²) < 4.78 is 0. The maximum atomic E-state index is 8.94. The Morgan fingerprint density at radius 1 is 1.14 bits per heavy atom. The number of hydrogen-bond acceptors (Lipinski definition) is 2. The van der Waals surface area contributed by atoms with Gasteiger partial charge in [-0.25, -0.2) is 0 Å². The van der Waals surface area contributed by atoms with Gasteiger partial charge in [0, 0.05) is 24.1 Å². The third-order valence-electron chi connectivity index (χ3n) is 3.99. The molecule has 0 aliphatic heterocycles. The van der Waals surface area contributed by atoms with Crippen LogP contribution in [0.4, 0.5) is 5.69 Å². The number of benzene rings is 1. The van der Waals surface area contributed by atoms with E-state index in [0.29, 0.717) is 11.8 Å².